The Morgan fingerprint density at radius 1 is 1.50 bits per heavy atom. The smallest absolute Gasteiger partial charge is 0.0664 e. The molecule has 90 valence electrons. The molecule has 0 heterocycles. The fourth-order valence-electron chi connectivity index (χ4n) is 1.58. The Hall–Kier alpha value is -1.26. The number of ether oxygens (including phenoxy) is 1. The summed E-state index contributed by atoms with van der Waals surface area (Å²) in [5.41, 5.74) is 8.65. The van der Waals surface area contributed by atoms with E-state index in [0.717, 1.165) is 16.9 Å². The molecule has 16 heavy (non-hydrogen) atoms. The first kappa shape index (κ1) is 12.8. The number of para-hydroxylation sites is 1. The van der Waals surface area contributed by atoms with Crippen LogP contribution in [0.15, 0.2) is 18.2 Å². The second-order valence-corrected chi connectivity index (χ2v) is 3.85. The minimum Gasteiger partial charge on any atom is -0.397 e. The highest BCUT2D eigenvalue weighted by Crippen LogP contribution is 2.22. The molecule has 0 aliphatic heterocycles. The van der Waals surface area contributed by atoms with Gasteiger partial charge in [0.2, 0.25) is 0 Å². The Morgan fingerprint density at radius 3 is 2.88 bits per heavy atom. The number of methoxy groups -OCH3 is 1. The van der Waals surface area contributed by atoms with Crippen LogP contribution in [0.5, 0.6) is 0 Å². The SMILES string of the molecule is COCC(CCO)Nc1cccc(C)c1N. The van der Waals surface area contributed by atoms with E-state index in [1.165, 1.54) is 0 Å². The van der Waals surface area contributed by atoms with Gasteiger partial charge < -0.3 is 20.9 Å². The van der Waals surface area contributed by atoms with E-state index in [2.05, 4.69) is 5.32 Å². The lowest BCUT2D eigenvalue weighted by Gasteiger charge is -2.20. The number of aryl methyl sites for hydroxylation is 1. The maximum Gasteiger partial charge on any atom is 0.0664 e. The van der Waals surface area contributed by atoms with Crippen LogP contribution in [0, 0.1) is 6.92 Å². The molecule has 0 fully saturated rings. The van der Waals surface area contributed by atoms with Crippen molar-refractivity contribution in [2.45, 2.75) is 19.4 Å². The minimum absolute atomic E-state index is 0.0825. The van der Waals surface area contributed by atoms with Gasteiger partial charge >= 0.3 is 0 Å². The van der Waals surface area contributed by atoms with Crippen molar-refractivity contribution in [3.05, 3.63) is 23.8 Å². The molecular formula is C12H20N2O2. The quantitative estimate of drug-likeness (QED) is 0.639. The van der Waals surface area contributed by atoms with E-state index in [1.807, 2.05) is 25.1 Å². The van der Waals surface area contributed by atoms with E-state index in [1.54, 1.807) is 7.11 Å². The molecule has 4 nitrogen and oxygen atoms in total. The number of benzene rings is 1. The Bertz CT molecular complexity index is 323. The highest BCUT2D eigenvalue weighted by atomic mass is 16.5. The summed E-state index contributed by atoms with van der Waals surface area (Å²) in [6.45, 7) is 2.65. The zero-order valence-corrected chi connectivity index (χ0v) is 9.86. The predicted molar refractivity (Wildman–Crippen MR) is 66.6 cm³/mol. The van der Waals surface area contributed by atoms with Crippen molar-refractivity contribution >= 4 is 11.4 Å². The third-order valence-electron chi connectivity index (χ3n) is 2.53. The van der Waals surface area contributed by atoms with E-state index in [-0.39, 0.29) is 12.6 Å². The van der Waals surface area contributed by atoms with E-state index in [4.69, 9.17) is 15.6 Å². The van der Waals surface area contributed by atoms with Crippen LogP contribution in [-0.4, -0.2) is 31.5 Å². The topological polar surface area (TPSA) is 67.5 Å². The second-order valence-electron chi connectivity index (χ2n) is 3.85. The summed E-state index contributed by atoms with van der Waals surface area (Å²) in [6.07, 6.45) is 0.640. The van der Waals surface area contributed by atoms with Crippen LogP contribution in [-0.2, 0) is 4.74 Å². The molecule has 0 aliphatic carbocycles. The molecule has 0 saturated heterocycles. The van der Waals surface area contributed by atoms with Crippen molar-refractivity contribution in [3.8, 4) is 0 Å². The first-order valence-electron chi connectivity index (χ1n) is 5.40. The molecule has 0 spiro atoms. The molecule has 0 saturated carbocycles. The minimum atomic E-state index is 0.0825. The summed E-state index contributed by atoms with van der Waals surface area (Å²) >= 11 is 0. The fraction of sp³-hybridized carbons (Fsp3) is 0.500. The normalized spacial score (nSPS) is 12.4. The first-order valence-corrected chi connectivity index (χ1v) is 5.40. The summed E-state index contributed by atoms with van der Waals surface area (Å²) in [6, 6.07) is 5.94. The van der Waals surface area contributed by atoms with E-state index < -0.39 is 0 Å². The standard InChI is InChI=1S/C12H20N2O2/c1-9-4-3-5-11(12(9)13)14-10(6-7-15)8-16-2/h3-5,10,14-15H,6-8,13H2,1-2H3. The molecule has 1 aromatic rings. The van der Waals surface area contributed by atoms with Crippen molar-refractivity contribution in [3.63, 3.8) is 0 Å². The number of aliphatic hydroxyl groups excluding tert-OH is 1. The number of nitrogens with two attached hydrogens (primary N) is 1. The lowest BCUT2D eigenvalue weighted by atomic mass is 10.1. The van der Waals surface area contributed by atoms with E-state index in [0.29, 0.717) is 13.0 Å². The summed E-state index contributed by atoms with van der Waals surface area (Å²) in [5.74, 6) is 0. The molecule has 0 radical (unpaired) electrons. The van der Waals surface area contributed by atoms with Gasteiger partial charge in [-0.05, 0) is 25.0 Å². The highest BCUT2D eigenvalue weighted by molar-refractivity contribution is 5.69. The van der Waals surface area contributed by atoms with Gasteiger partial charge in [0.1, 0.15) is 0 Å². The molecule has 0 bridgehead atoms. The van der Waals surface area contributed by atoms with Crippen LogP contribution in [0.3, 0.4) is 0 Å². The third-order valence-corrected chi connectivity index (χ3v) is 2.53. The number of anilines is 2. The van der Waals surface area contributed by atoms with Crippen molar-refractivity contribution in [1.29, 1.82) is 0 Å². The van der Waals surface area contributed by atoms with E-state index in [9.17, 15) is 0 Å². The Kier molecular flexibility index (Phi) is 5.08. The zero-order chi connectivity index (χ0) is 12.0. The number of rotatable bonds is 6. The maximum absolute atomic E-state index is 8.94. The van der Waals surface area contributed by atoms with Gasteiger partial charge in [0.25, 0.3) is 0 Å². The predicted octanol–water partition coefficient (Wildman–Crippen LogP) is 1.39. The molecule has 4 heteroatoms. The van der Waals surface area contributed by atoms with Crippen molar-refractivity contribution < 1.29 is 9.84 Å². The van der Waals surface area contributed by atoms with Crippen molar-refractivity contribution in [2.75, 3.05) is 31.4 Å². The zero-order valence-electron chi connectivity index (χ0n) is 9.86. The van der Waals surface area contributed by atoms with Gasteiger partial charge in [0.15, 0.2) is 0 Å². The molecule has 4 N–H and O–H groups in total. The number of aliphatic hydroxyl groups is 1. The summed E-state index contributed by atoms with van der Waals surface area (Å²) in [4.78, 5) is 0. The Balaban J connectivity index is 2.72. The van der Waals surface area contributed by atoms with Crippen LogP contribution >= 0.6 is 0 Å². The summed E-state index contributed by atoms with van der Waals surface area (Å²) in [7, 11) is 1.64. The summed E-state index contributed by atoms with van der Waals surface area (Å²) in [5, 5.41) is 12.2. The molecule has 1 aromatic carbocycles. The average molecular weight is 224 g/mol. The molecule has 1 rings (SSSR count). The lowest BCUT2D eigenvalue weighted by Crippen LogP contribution is -2.26. The molecule has 0 amide bonds. The van der Waals surface area contributed by atoms with Crippen LogP contribution in [0.2, 0.25) is 0 Å². The average Bonchev–Trinajstić information content (AvgIpc) is 2.25. The highest BCUT2D eigenvalue weighted by Gasteiger charge is 2.09. The number of hydrogen-bond acceptors (Lipinski definition) is 4. The maximum atomic E-state index is 8.94. The van der Waals surface area contributed by atoms with Gasteiger partial charge in [0, 0.05) is 13.7 Å². The van der Waals surface area contributed by atoms with Crippen LogP contribution < -0.4 is 11.1 Å². The van der Waals surface area contributed by atoms with Gasteiger partial charge in [0.05, 0.1) is 24.0 Å². The van der Waals surface area contributed by atoms with Crippen LogP contribution in [0.25, 0.3) is 0 Å². The van der Waals surface area contributed by atoms with Gasteiger partial charge in [-0.25, -0.2) is 0 Å². The Morgan fingerprint density at radius 2 is 2.25 bits per heavy atom. The monoisotopic (exact) mass is 224 g/mol. The lowest BCUT2D eigenvalue weighted by molar-refractivity contribution is 0.170. The molecule has 0 aliphatic rings. The van der Waals surface area contributed by atoms with Gasteiger partial charge in [-0.2, -0.15) is 0 Å². The molecule has 0 aromatic heterocycles. The number of nitrogens with one attached hydrogen (secondary N) is 1. The largest absolute Gasteiger partial charge is 0.397 e. The third kappa shape index (κ3) is 3.40. The van der Waals surface area contributed by atoms with E-state index >= 15 is 0 Å². The molecule has 1 unspecified atom stereocenters. The number of nitrogen functional groups attached to an aromatic ring is 1. The van der Waals surface area contributed by atoms with Crippen molar-refractivity contribution in [1.82, 2.24) is 0 Å². The van der Waals surface area contributed by atoms with Gasteiger partial charge in [-0.1, -0.05) is 12.1 Å². The molecular weight excluding hydrogens is 204 g/mol. The fourth-order valence-corrected chi connectivity index (χ4v) is 1.58. The molecule has 1 atom stereocenters. The summed E-state index contributed by atoms with van der Waals surface area (Å²) < 4.78 is 5.08. The van der Waals surface area contributed by atoms with Crippen LogP contribution in [0.1, 0.15) is 12.0 Å². The van der Waals surface area contributed by atoms with Crippen LogP contribution in [0.4, 0.5) is 11.4 Å². The number of hydrogen-bond donors (Lipinski definition) is 3. The van der Waals surface area contributed by atoms with Gasteiger partial charge in [-0.15, -0.1) is 0 Å². The van der Waals surface area contributed by atoms with Gasteiger partial charge in [-0.3, -0.25) is 0 Å². The Labute approximate surface area is 96.4 Å². The first-order chi connectivity index (χ1) is 7.69. The second kappa shape index (κ2) is 6.35. The van der Waals surface area contributed by atoms with Crippen molar-refractivity contribution in [2.24, 2.45) is 0 Å².